The largest absolute Gasteiger partial charge is 0.493 e. The number of rotatable bonds is 6. The lowest BCUT2D eigenvalue weighted by atomic mass is 9.98. The highest BCUT2D eigenvalue weighted by atomic mass is 32.1. The smallest absolute Gasteiger partial charge is 0.164 e. The van der Waals surface area contributed by atoms with E-state index >= 15 is 0 Å². The van der Waals surface area contributed by atoms with Crippen LogP contribution >= 0.6 is 12.2 Å². The lowest BCUT2D eigenvalue weighted by Crippen LogP contribution is -2.07. The van der Waals surface area contributed by atoms with Crippen molar-refractivity contribution in [3.63, 3.8) is 0 Å². The second-order valence-electron chi connectivity index (χ2n) is 5.41. The van der Waals surface area contributed by atoms with E-state index in [1.807, 2.05) is 26.0 Å². The minimum absolute atomic E-state index is 0.473. The van der Waals surface area contributed by atoms with Gasteiger partial charge in [0.1, 0.15) is 5.76 Å². The fourth-order valence-corrected chi connectivity index (χ4v) is 2.98. The summed E-state index contributed by atoms with van der Waals surface area (Å²) >= 11 is 5.69. The SMILES string of the molecule is CCOc1c(OC)ccc(C(=S)c2cnoc2C2CC2)c1C. The first kappa shape index (κ1) is 15.0. The predicted molar refractivity (Wildman–Crippen MR) is 88.2 cm³/mol. The van der Waals surface area contributed by atoms with E-state index in [1.54, 1.807) is 13.3 Å². The van der Waals surface area contributed by atoms with Crippen molar-refractivity contribution in [1.82, 2.24) is 5.16 Å². The van der Waals surface area contributed by atoms with Crippen molar-refractivity contribution in [2.45, 2.75) is 32.6 Å². The van der Waals surface area contributed by atoms with Gasteiger partial charge in [-0.05, 0) is 38.8 Å². The van der Waals surface area contributed by atoms with Gasteiger partial charge >= 0.3 is 0 Å². The Morgan fingerprint density at radius 1 is 1.36 bits per heavy atom. The molecule has 4 nitrogen and oxygen atoms in total. The number of methoxy groups -OCH3 is 1. The van der Waals surface area contributed by atoms with Gasteiger partial charge in [-0.25, -0.2) is 0 Å². The summed E-state index contributed by atoms with van der Waals surface area (Å²) in [5, 5.41) is 3.93. The van der Waals surface area contributed by atoms with Crippen LogP contribution in [0.3, 0.4) is 0 Å². The fourth-order valence-electron chi connectivity index (χ4n) is 2.60. The quantitative estimate of drug-likeness (QED) is 0.594. The fraction of sp³-hybridized carbons (Fsp3) is 0.412. The van der Waals surface area contributed by atoms with Crippen molar-refractivity contribution in [3.05, 3.63) is 40.8 Å². The molecule has 3 rings (SSSR count). The van der Waals surface area contributed by atoms with Crippen LogP contribution in [0, 0.1) is 6.92 Å². The third-order valence-electron chi connectivity index (χ3n) is 3.91. The molecule has 0 N–H and O–H groups in total. The van der Waals surface area contributed by atoms with Gasteiger partial charge in [-0.2, -0.15) is 0 Å². The lowest BCUT2D eigenvalue weighted by Gasteiger charge is -2.16. The average molecular weight is 317 g/mol. The van der Waals surface area contributed by atoms with Gasteiger partial charge < -0.3 is 14.0 Å². The molecular weight excluding hydrogens is 298 g/mol. The molecule has 0 unspecified atom stereocenters. The van der Waals surface area contributed by atoms with E-state index in [0.29, 0.717) is 12.5 Å². The van der Waals surface area contributed by atoms with Gasteiger partial charge in [-0.1, -0.05) is 17.4 Å². The molecule has 5 heteroatoms. The van der Waals surface area contributed by atoms with E-state index in [9.17, 15) is 0 Å². The molecule has 0 spiro atoms. The molecule has 0 atom stereocenters. The average Bonchev–Trinajstić information content (AvgIpc) is 3.25. The van der Waals surface area contributed by atoms with Crippen LogP contribution in [0.5, 0.6) is 11.5 Å². The monoisotopic (exact) mass is 317 g/mol. The second kappa shape index (κ2) is 6.08. The van der Waals surface area contributed by atoms with Gasteiger partial charge in [0.2, 0.25) is 0 Å². The van der Waals surface area contributed by atoms with E-state index in [1.165, 1.54) is 0 Å². The summed E-state index contributed by atoms with van der Waals surface area (Å²) in [6, 6.07) is 3.87. The molecule has 22 heavy (non-hydrogen) atoms. The first-order chi connectivity index (χ1) is 10.7. The molecular formula is C17H19NO3S. The van der Waals surface area contributed by atoms with E-state index in [0.717, 1.165) is 51.7 Å². The van der Waals surface area contributed by atoms with E-state index < -0.39 is 0 Å². The van der Waals surface area contributed by atoms with Crippen LogP contribution < -0.4 is 9.47 Å². The van der Waals surface area contributed by atoms with Crippen molar-refractivity contribution < 1.29 is 14.0 Å². The summed E-state index contributed by atoms with van der Waals surface area (Å²) in [4.78, 5) is 0.754. The minimum atomic E-state index is 0.473. The summed E-state index contributed by atoms with van der Waals surface area (Å²) in [5.41, 5.74) is 2.87. The van der Waals surface area contributed by atoms with E-state index in [-0.39, 0.29) is 0 Å². The highest BCUT2D eigenvalue weighted by Crippen LogP contribution is 2.43. The van der Waals surface area contributed by atoms with Gasteiger partial charge in [0, 0.05) is 17.0 Å². The minimum Gasteiger partial charge on any atom is -0.493 e. The van der Waals surface area contributed by atoms with Gasteiger partial charge in [0.25, 0.3) is 0 Å². The first-order valence-corrected chi connectivity index (χ1v) is 7.87. The maximum atomic E-state index is 5.73. The predicted octanol–water partition coefficient (Wildman–Crippen LogP) is 4.03. The maximum Gasteiger partial charge on any atom is 0.164 e. The summed E-state index contributed by atoms with van der Waals surface area (Å²) in [7, 11) is 1.64. The van der Waals surface area contributed by atoms with Crippen LogP contribution in [0.1, 0.15) is 48.1 Å². The number of thiocarbonyl (C=S) groups is 1. The summed E-state index contributed by atoms with van der Waals surface area (Å²) in [6.07, 6.45) is 4.02. The molecule has 1 aliphatic carbocycles. The Balaban J connectivity index is 2.02. The zero-order valence-corrected chi connectivity index (χ0v) is 13.8. The number of ether oxygens (including phenoxy) is 2. The zero-order valence-electron chi connectivity index (χ0n) is 13.0. The van der Waals surface area contributed by atoms with Crippen molar-refractivity contribution in [2.75, 3.05) is 13.7 Å². The molecule has 2 aromatic rings. The first-order valence-electron chi connectivity index (χ1n) is 7.47. The molecule has 0 radical (unpaired) electrons. The molecule has 1 aromatic carbocycles. The number of hydrogen-bond acceptors (Lipinski definition) is 5. The Morgan fingerprint density at radius 2 is 2.14 bits per heavy atom. The van der Waals surface area contributed by atoms with Crippen LogP contribution in [0.2, 0.25) is 0 Å². The molecule has 1 heterocycles. The van der Waals surface area contributed by atoms with Gasteiger partial charge in [-0.15, -0.1) is 0 Å². The third-order valence-corrected chi connectivity index (χ3v) is 4.35. The maximum absolute atomic E-state index is 5.73. The van der Waals surface area contributed by atoms with Gasteiger partial charge in [0.15, 0.2) is 11.5 Å². The standard InChI is InChI=1S/C17H19NO3S/c1-4-20-15-10(2)12(7-8-14(15)19-3)17(22)13-9-18-21-16(13)11-5-6-11/h7-9,11H,4-6H2,1-3H3. The second-order valence-corrected chi connectivity index (χ2v) is 5.82. The van der Waals surface area contributed by atoms with Crippen molar-refractivity contribution >= 4 is 17.1 Å². The van der Waals surface area contributed by atoms with Gasteiger partial charge in [-0.3, -0.25) is 0 Å². The number of aromatic nitrogens is 1. The Labute approximate surface area is 135 Å². The Bertz CT molecular complexity index is 704. The Morgan fingerprint density at radius 3 is 2.77 bits per heavy atom. The molecule has 1 fully saturated rings. The molecule has 0 aliphatic heterocycles. The summed E-state index contributed by atoms with van der Waals surface area (Å²) < 4.78 is 16.5. The van der Waals surface area contributed by atoms with Crippen LogP contribution in [0.25, 0.3) is 0 Å². The zero-order chi connectivity index (χ0) is 15.7. The molecule has 1 aromatic heterocycles. The Kier molecular flexibility index (Phi) is 4.16. The van der Waals surface area contributed by atoms with Crippen LogP contribution in [0.15, 0.2) is 22.9 Å². The summed E-state index contributed by atoms with van der Waals surface area (Å²) in [5.74, 6) is 2.85. The molecule has 0 bridgehead atoms. The molecule has 116 valence electrons. The van der Waals surface area contributed by atoms with Crippen LogP contribution in [-0.2, 0) is 0 Å². The van der Waals surface area contributed by atoms with Crippen LogP contribution in [-0.4, -0.2) is 23.7 Å². The van der Waals surface area contributed by atoms with Gasteiger partial charge in [0.05, 0.1) is 30.3 Å². The van der Waals surface area contributed by atoms with Crippen LogP contribution in [0.4, 0.5) is 0 Å². The Hall–Kier alpha value is -1.88. The molecule has 0 amide bonds. The lowest BCUT2D eigenvalue weighted by molar-refractivity contribution is 0.309. The molecule has 0 saturated heterocycles. The van der Waals surface area contributed by atoms with Crippen molar-refractivity contribution in [3.8, 4) is 11.5 Å². The number of benzene rings is 1. The number of nitrogens with zero attached hydrogens (tertiary/aromatic N) is 1. The highest BCUT2D eigenvalue weighted by Gasteiger charge is 2.32. The topological polar surface area (TPSA) is 44.5 Å². The van der Waals surface area contributed by atoms with Crippen molar-refractivity contribution in [1.29, 1.82) is 0 Å². The van der Waals surface area contributed by atoms with Crippen molar-refractivity contribution in [2.24, 2.45) is 0 Å². The summed E-state index contributed by atoms with van der Waals surface area (Å²) in [6.45, 7) is 4.53. The normalized spacial score (nSPS) is 14.0. The van der Waals surface area contributed by atoms with E-state index in [2.05, 4.69) is 5.16 Å². The molecule has 1 saturated carbocycles. The number of hydrogen-bond donors (Lipinski definition) is 0. The highest BCUT2D eigenvalue weighted by molar-refractivity contribution is 7.81. The van der Waals surface area contributed by atoms with E-state index in [4.69, 9.17) is 26.2 Å². The third kappa shape index (κ3) is 2.61. The molecule has 1 aliphatic rings.